The van der Waals surface area contributed by atoms with Gasteiger partial charge in [0.25, 0.3) is 0 Å². The van der Waals surface area contributed by atoms with Crippen molar-refractivity contribution in [3.05, 3.63) is 83.0 Å². The highest BCUT2D eigenvalue weighted by molar-refractivity contribution is 6.30. The number of rotatable bonds is 4. The van der Waals surface area contributed by atoms with Gasteiger partial charge >= 0.3 is 0 Å². The molecule has 0 fully saturated rings. The van der Waals surface area contributed by atoms with Crippen molar-refractivity contribution in [2.24, 2.45) is 0 Å². The summed E-state index contributed by atoms with van der Waals surface area (Å²) in [6, 6.07) is 14.9. The standard InChI is InChI=1S/C17H12ClN5/c18-13-5-3-4-12(10-13)16(14-6-1-2-7-20-14)23-17-15(11-19)21-8-9-22-17/h1-10,16H,(H,22,23). The van der Waals surface area contributed by atoms with Crippen molar-refractivity contribution < 1.29 is 0 Å². The first-order valence-corrected chi connectivity index (χ1v) is 7.30. The average Bonchev–Trinajstić information content (AvgIpc) is 2.60. The van der Waals surface area contributed by atoms with E-state index >= 15 is 0 Å². The Morgan fingerprint density at radius 1 is 1.00 bits per heavy atom. The van der Waals surface area contributed by atoms with Crippen molar-refractivity contribution in [1.29, 1.82) is 5.26 Å². The van der Waals surface area contributed by atoms with E-state index in [9.17, 15) is 5.26 Å². The van der Waals surface area contributed by atoms with Gasteiger partial charge in [0.15, 0.2) is 11.5 Å². The molecule has 0 aliphatic heterocycles. The fourth-order valence-electron chi connectivity index (χ4n) is 2.22. The molecule has 0 saturated carbocycles. The van der Waals surface area contributed by atoms with Crippen LogP contribution in [0.1, 0.15) is 23.0 Å². The SMILES string of the molecule is N#Cc1nccnc1NC(c1cccc(Cl)c1)c1ccccn1. The lowest BCUT2D eigenvalue weighted by Gasteiger charge is -2.19. The lowest BCUT2D eigenvalue weighted by molar-refractivity contribution is 0.873. The minimum atomic E-state index is -0.293. The second-order valence-corrected chi connectivity index (χ2v) is 5.19. The number of pyridine rings is 1. The van der Waals surface area contributed by atoms with Crippen LogP contribution in [0.2, 0.25) is 5.02 Å². The zero-order valence-electron chi connectivity index (χ0n) is 12.0. The minimum absolute atomic E-state index is 0.232. The first-order valence-electron chi connectivity index (χ1n) is 6.92. The number of nitriles is 1. The topological polar surface area (TPSA) is 74.5 Å². The van der Waals surface area contributed by atoms with Gasteiger partial charge in [0.05, 0.1) is 11.7 Å². The zero-order chi connectivity index (χ0) is 16.1. The molecule has 1 N–H and O–H groups in total. The molecule has 1 aromatic carbocycles. The molecule has 0 radical (unpaired) electrons. The fraction of sp³-hybridized carbons (Fsp3) is 0.0588. The second-order valence-electron chi connectivity index (χ2n) is 4.75. The van der Waals surface area contributed by atoms with Gasteiger partial charge in [0, 0.05) is 23.6 Å². The van der Waals surface area contributed by atoms with Crippen LogP contribution in [0.5, 0.6) is 0 Å². The van der Waals surface area contributed by atoms with E-state index < -0.39 is 0 Å². The van der Waals surface area contributed by atoms with Gasteiger partial charge in [0.2, 0.25) is 0 Å². The Labute approximate surface area is 138 Å². The Morgan fingerprint density at radius 2 is 1.87 bits per heavy atom. The van der Waals surface area contributed by atoms with Crippen molar-refractivity contribution in [2.75, 3.05) is 5.32 Å². The van der Waals surface area contributed by atoms with Crippen LogP contribution in [0.3, 0.4) is 0 Å². The van der Waals surface area contributed by atoms with Gasteiger partial charge in [-0.2, -0.15) is 5.26 Å². The number of nitrogens with one attached hydrogen (secondary N) is 1. The van der Waals surface area contributed by atoms with Gasteiger partial charge in [-0.1, -0.05) is 29.8 Å². The highest BCUT2D eigenvalue weighted by atomic mass is 35.5. The molecule has 0 aliphatic carbocycles. The van der Waals surface area contributed by atoms with E-state index in [1.165, 1.54) is 12.4 Å². The van der Waals surface area contributed by atoms with Crippen molar-refractivity contribution in [2.45, 2.75) is 6.04 Å². The molecule has 0 saturated heterocycles. The van der Waals surface area contributed by atoms with E-state index in [4.69, 9.17) is 11.6 Å². The molecule has 3 rings (SSSR count). The summed E-state index contributed by atoms with van der Waals surface area (Å²) in [5.41, 5.74) is 1.95. The van der Waals surface area contributed by atoms with Crippen LogP contribution in [-0.4, -0.2) is 15.0 Å². The summed E-state index contributed by atoms with van der Waals surface area (Å²) in [6.07, 6.45) is 4.74. The van der Waals surface area contributed by atoms with Gasteiger partial charge in [-0.15, -0.1) is 0 Å². The van der Waals surface area contributed by atoms with Crippen LogP contribution in [0, 0.1) is 11.3 Å². The Bertz CT molecular complexity index is 845. The number of aromatic nitrogens is 3. The van der Waals surface area contributed by atoms with E-state index in [-0.39, 0.29) is 11.7 Å². The van der Waals surface area contributed by atoms with E-state index in [1.807, 2.05) is 48.5 Å². The molecule has 2 heterocycles. The summed E-state index contributed by atoms with van der Waals surface area (Å²) in [6.45, 7) is 0. The minimum Gasteiger partial charge on any atom is -0.355 e. The molecule has 1 unspecified atom stereocenters. The largest absolute Gasteiger partial charge is 0.355 e. The molecule has 1 atom stereocenters. The number of hydrogen-bond acceptors (Lipinski definition) is 5. The quantitative estimate of drug-likeness (QED) is 0.794. The summed E-state index contributed by atoms with van der Waals surface area (Å²) in [7, 11) is 0. The third-order valence-corrected chi connectivity index (χ3v) is 3.49. The van der Waals surface area contributed by atoms with Crippen LogP contribution in [0.25, 0.3) is 0 Å². The average molecular weight is 322 g/mol. The smallest absolute Gasteiger partial charge is 0.183 e. The third-order valence-electron chi connectivity index (χ3n) is 3.25. The number of halogens is 1. The predicted octanol–water partition coefficient (Wildman–Crippen LogP) is 3.60. The van der Waals surface area contributed by atoms with E-state index in [0.717, 1.165) is 11.3 Å². The van der Waals surface area contributed by atoms with Crippen LogP contribution < -0.4 is 5.32 Å². The van der Waals surface area contributed by atoms with Crippen LogP contribution in [0.4, 0.5) is 5.82 Å². The molecule has 0 amide bonds. The lowest BCUT2D eigenvalue weighted by Crippen LogP contribution is -2.16. The molecular weight excluding hydrogens is 310 g/mol. The van der Waals surface area contributed by atoms with Gasteiger partial charge in [-0.05, 0) is 29.8 Å². The monoisotopic (exact) mass is 321 g/mol. The van der Waals surface area contributed by atoms with Crippen LogP contribution in [0.15, 0.2) is 61.1 Å². The van der Waals surface area contributed by atoms with Crippen molar-refractivity contribution in [1.82, 2.24) is 15.0 Å². The second kappa shape index (κ2) is 6.86. The molecule has 0 bridgehead atoms. The fourth-order valence-corrected chi connectivity index (χ4v) is 2.42. The third kappa shape index (κ3) is 3.44. The number of hydrogen-bond donors (Lipinski definition) is 1. The lowest BCUT2D eigenvalue weighted by atomic mass is 10.0. The van der Waals surface area contributed by atoms with Crippen molar-refractivity contribution >= 4 is 17.4 Å². The Morgan fingerprint density at radius 3 is 2.61 bits per heavy atom. The van der Waals surface area contributed by atoms with Crippen LogP contribution >= 0.6 is 11.6 Å². The summed E-state index contributed by atoms with van der Waals surface area (Å²) in [5.74, 6) is 0.408. The van der Waals surface area contributed by atoms with Crippen molar-refractivity contribution in [3.63, 3.8) is 0 Å². The van der Waals surface area contributed by atoms with E-state index in [2.05, 4.69) is 20.3 Å². The molecule has 6 heteroatoms. The molecule has 3 aromatic rings. The summed E-state index contributed by atoms with van der Waals surface area (Å²) in [5, 5.41) is 13.1. The molecule has 0 spiro atoms. The Hall–Kier alpha value is -2.97. The molecule has 0 aliphatic rings. The van der Waals surface area contributed by atoms with Gasteiger partial charge < -0.3 is 5.32 Å². The first-order chi connectivity index (χ1) is 11.3. The predicted molar refractivity (Wildman–Crippen MR) is 87.9 cm³/mol. The zero-order valence-corrected chi connectivity index (χ0v) is 12.8. The number of nitrogens with zero attached hydrogens (tertiary/aromatic N) is 4. The summed E-state index contributed by atoms with van der Waals surface area (Å²) < 4.78 is 0. The van der Waals surface area contributed by atoms with E-state index in [1.54, 1.807) is 6.20 Å². The van der Waals surface area contributed by atoms with Crippen molar-refractivity contribution in [3.8, 4) is 6.07 Å². The normalized spacial score (nSPS) is 11.5. The van der Waals surface area contributed by atoms with Gasteiger partial charge in [0.1, 0.15) is 6.07 Å². The molecule has 5 nitrogen and oxygen atoms in total. The molecule has 112 valence electrons. The maximum atomic E-state index is 9.19. The summed E-state index contributed by atoms with van der Waals surface area (Å²) in [4.78, 5) is 12.6. The molecule has 2 aromatic heterocycles. The Kier molecular flexibility index (Phi) is 4.46. The number of anilines is 1. The highest BCUT2D eigenvalue weighted by Gasteiger charge is 2.18. The van der Waals surface area contributed by atoms with Gasteiger partial charge in [-0.25, -0.2) is 9.97 Å². The molecular formula is C17H12ClN5. The van der Waals surface area contributed by atoms with Gasteiger partial charge in [-0.3, -0.25) is 4.98 Å². The highest BCUT2D eigenvalue weighted by Crippen LogP contribution is 2.27. The van der Waals surface area contributed by atoms with Crippen LogP contribution in [-0.2, 0) is 0 Å². The Balaban J connectivity index is 2.04. The maximum absolute atomic E-state index is 9.19. The first kappa shape index (κ1) is 14.9. The van der Waals surface area contributed by atoms with E-state index in [0.29, 0.717) is 10.8 Å². The summed E-state index contributed by atoms with van der Waals surface area (Å²) >= 11 is 6.11. The molecule has 23 heavy (non-hydrogen) atoms. The maximum Gasteiger partial charge on any atom is 0.183 e. The number of benzene rings is 1.